The number of carbonyl (C=O) groups excluding carboxylic acids is 2. The Morgan fingerprint density at radius 1 is 1.10 bits per heavy atom. The highest BCUT2D eigenvalue weighted by Crippen LogP contribution is 2.28. The molecule has 1 aromatic carbocycles. The van der Waals surface area contributed by atoms with Gasteiger partial charge in [-0.05, 0) is 19.1 Å². The lowest BCUT2D eigenvalue weighted by Gasteiger charge is -2.32. The van der Waals surface area contributed by atoms with Crippen molar-refractivity contribution in [2.75, 3.05) is 0 Å². The van der Waals surface area contributed by atoms with Crippen molar-refractivity contribution < 1.29 is 39.1 Å². The van der Waals surface area contributed by atoms with Gasteiger partial charge in [0.15, 0.2) is 18.3 Å². The first-order valence-electron chi connectivity index (χ1n) is 6.09. The van der Waals surface area contributed by atoms with Crippen LogP contribution in [0.15, 0.2) is 30.3 Å². The molecule has 1 aromatic rings. The lowest BCUT2D eigenvalue weighted by Crippen LogP contribution is -2.53. The molecule has 1 saturated heterocycles. The van der Waals surface area contributed by atoms with Gasteiger partial charge in [-0.25, -0.2) is 9.59 Å². The first-order valence-corrected chi connectivity index (χ1v) is 6.09. The van der Waals surface area contributed by atoms with Crippen molar-refractivity contribution in [1.29, 1.82) is 0 Å². The first-order chi connectivity index (χ1) is 9.85. The van der Waals surface area contributed by atoms with E-state index in [0.29, 0.717) is 0 Å². The number of aliphatic hydroxyl groups is 3. The van der Waals surface area contributed by atoms with Crippen LogP contribution in [0, 0.1) is 0 Å². The molecule has 3 N–H and O–H groups in total. The number of para-hydroxylation sites is 1. The fraction of sp³-hybridized carbons (Fsp3) is 0.385. The zero-order chi connectivity index (χ0) is 15.6. The number of rotatable bonds is 3. The minimum atomic E-state index is -2.49. The zero-order valence-electron chi connectivity index (χ0n) is 11.0. The maximum atomic E-state index is 11.6. The number of hydrogen-bond donors (Lipinski definition) is 3. The number of benzene rings is 1. The molecule has 0 radical (unpaired) electrons. The third-order valence-electron chi connectivity index (χ3n) is 2.78. The number of hydrogen-bond acceptors (Lipinski definition) is 8. The predicted octanol–water partition coefficient (Wildman–Crippen LogP) is -1.08. The summed E-state index contributed by atoms with van der Waals surface area (Å²) >= 11 is 0. The summed E-state index contributed by atoms with van der Waals surface area (Å²) in [6.45, 7) is 1.16. The molecule has 0 spiro atoms. The summed E-state index contributed by atoms with van der Waals surface area (Å²) in [5.41, 5.74) is 0. The lowest BCUT2D eigenvalue weighted by molar-refractivity contribution is -0.340. The van der Waals surface area contributed by atoms with E-state index in [-0.39, 0.29) is 5.75 Å². The van der Waals surface area contributed by atoms with E-state index in [9.17, 15) is 24.9 Å². The molecule has 1 heterocycles. The van der Waals surface area contributed by atoms with Crippen LogP contribution in [0.1, 0.15) is 6.92 Å². The van der Waals surface area contributed by atoms with Gasteiger partial charge in [0.1, 0.15) is 5.75 Å². The number of cyclic esters (lactones) is 2. The summed E-state index contributed by atoms with van der Waals surface area (Å²) < 4.78 is 14.8. The van der Waals surface area contributed by atoms with Gasteiger partial charge >= 0.3 is 17.9 Å². The third kappa shape index (κ3) is 2.97. The molecule has 0 bridgehead atoms. The predicted molar refractivity (Wildman–Crippen MR) is 65.7 cm³/mol. The van der Waals surface area contributed by atoms with Crippen LogP contribution in [0.3, 0.4) is 0 Å². The molecule has 0 aliphatic carbocycles. The van der Waals surface area contributed by atoms with Gasteiger partial charge in [0.25, 0.3) is 0 Å². The minimum Gasteiger partial charge on any atom is -0.419 e. The molecule has 21 heavy (non-hydrogen) atoms. The highest BCUT2D eigenvalue weighted by Gasteiger charge is 2.54. The summed E-state index contributed by atoms with van der Waals surface area (Å²) in [5, 5.41) is 28.6. The van der Waals surface area contributed by atoms with Crippen molar-refractivity contribution in [2.24, 2.45) is 0 Å². The largest absolute Gasteiger partial charge is 0.449 e. The second-order valence-electron chi connectivity index (χ2n) is 4.43. The second kappa shape index (κ2) is 5.68. The summed E-state index contributed by atoms with van der Waals surface area (Å²) in [6, 6.07) is 7.86. The van der Waals surface area contributed by atoms with Crippen molar-refractivity contribution >= 4 is 11.9 Å². The van der Waals surface area contributed by atoms with Gasteiger partial charge in [0.05, 0.1) is 0 Å². The third-order valence-corrected chi connectivity index (χ3v) is 2.78. The first kappa shape index (κ1) is 15.2. The lowest BCUT2D eigenvalue weighted by atomic mass is 10.2. The molecule has 1 aliphatic heterocycles. The average molecular weight is 298 g/mol. The van der Waals surface area contributed by atoms with E-state index in [0.717, 1.165) is 6.92 Å². The number of carbonyl (C=O) groups is 2. The van der Waals surface area contributed by atoms with E-state index in [1.165, 1.54) is 12.1 Å². The molecule has 3 atom stereocenters. The zero-order valence-corrected chi connectivity index (χ0v) is 11.0. The Morgan fingerprint density at radius 3 is 2.00 bits per heavy atom. The monoisotopic (exact) mass is 298 g/mol. The maximum absolute atomic E-state index is 11.6. The molecule has 1 fully saturated rings. The minimum absolute atomic E-state index is 0.143. The van der Waals surface area contributed by atoms with Crippen LogP contribution in [0.4, 0.5) is 0 Å². The van der Waals surface area contributed by atoms with Crippen LogP contribution in [0.2, 0.25) is 0 Å². The molecular weight excluding hydrogens is 284 g/mol. The molecular formula is C13H14O8. The summed E-state index contributed by atoms with van der Waals surface area (Å²) in [7, 11) is 0. The SMILES string of the molecule is CC(O)C1(Oc2ccccc2)OC(=O)C(O)C(O)C(=O)O1. The fourth-order valence-corrected chi connectivity index (χ4v) is 1.63. The summed E-state index contributed by atoms with van der Waals surface area (Å²) in [4.78, 5) is 23.2. The smallest absolute Gasteiger partial charge is 0.419 e. The molecule has 2 rings (SSSR count). The van der Waals surface area contributed by atoms with E-state index >= 15 is 0 Å². The van der Waals surface area contributed by atoms with Crippen LogP contribution in [0.25, 0.3) is 0 Å². The van der Waals surface area contributed by atoms with E-state index in [4.69, 9.17) is 14.2 Å². The number of aliphatic hydroxyl groups excluding tert-OH is 3. The van der Waals surface area contributed by atoms with Crippen molar-refractivity contribution in [3.63, 3.8) is 0 Å². The van der Waals surface area contributed by atoms with Gasteiger partial charge in [-0.3, -0.25) is 0 Å². The quantitative estimate of drug-likeness (QED) is 0.602. The Labute approximate surface area is 119 Å². The van der Waals surface area contributed by atoms with E-state index in [2.05, 4.69) is 0 Å². The number of ether oxygens (including phenoxy) is 3. The van der Waals surface area contributed by atoms with Gasteiger partial charge in [-0.1, -0.05) is 18.2 Å². The normalized spacial score (nSPS) is 30.9. The van der Waals surface area contributed by atoms with E-state index in [1.54, 1.807) is 18.2 Å². The van der Waals surface area contributed by atoms with Crippen molar-refractivity contribution in [3.8, 4) is 5.75 Å². The summed E-state index contributed by atoms with van der Waals surface area (Å²) in [6.07, 6.45) is -5.84. The molecule has 0 amide bonds. The average Bonchev–Trinajstić information content (AvgIpc) is 2.52. The van der Waals surface area contributed by atoms with Crippen molar-refractivity contribution in [3.05, 3.63) is 30.3 Å². The van der Waals surface area contributed by atoms with E-state index in [1.807, 2.05) is 0 Å². The molecule has 8 nitrogen and oxygen atoms in total. The molecule has 8 heteroatoms. The topological polar surface area (TPSA) is 123 Å². The summed E-state index contributed by atoms with van der Waals surface area (Å²) in [5.74, 6) is -5.06. The van der Waals surface area contributed by atoms with Gasteiger partial charge in [-0.2, -0.15) is 0 Å². The van der Waals surface area contributed by atoms with Crippen molar-refractivity contribution in [1.82, 2.24) is 0 Å². The van der Waals surface area contributed by atoms with Crippen LogP contribution in [-0.4, -0.2) is 51.5 Å². The molecule has 3 unspecified atom stereocenters. The van der Waals surface area contributed by atoms with Crippen LogP contribution < -0.4 is 4.74 Å². The molecule has 0 saturated carbocycles. The highest BCUT2D eigenvalue weighted by atomic mass is 16.9. The van der Waals surface area contributed by atoms with Gasteiger partial charge in [0.2, 0.25) is 0 Å². The Bertz CT molecular complexity index is 504. The highest BCUT2D eigenvalue weighted by molar-refractivity contribution is 5.87. The second-order valence-corrected chi connectivity index (χ2v) is 4.43. The Hall–Kier alpha value is -2.16. The number of esters is 2. The maximum Gasteiger partial charge on any atom is 0.449 e. The van der Waals surface area contributed by atoms with Crippen LogP contribution in [-0.2, 0) is 19.1 Å². The molecule has 114 valence electrons. The van der Waals surface area contributed by atoms with Gasteiger partial charge < -0.3 is 29.5 Å². The Morgan fingerprint density at radius 2 is 1.57 bits per heavy atom. The molecule has 0 aromatic heterocycles. The van der Waals surface area contributed by atoms with E-state index < -0.39 is 36.2 Å². The van der Waals surface area contributed by atoms with Crippen LogP contribution >= 0.6 is 0 Å². The van der Waals surface area contributed by atoms with Gasteiger partial charge in [-0.15, -0.1) is 0 Å². The molecule has 1 aliphatic rings. The fourth-order valence-electron chi connectivity index (χ4n) is 1.63. The standard InChI is InChI=1S/C13H14O8/c1-7(14)13(19-8-5-3-2-4-6-8)20-11(17)9(15)10(16)12(18)21-13/h2-7,9-10,14-16H,1H3. The Balaban J connectivity index is 2.37. The van der Waals surface area contributed by atoms with Crippen LogP contribution in [0.5, 0.6) is 5.75 Å². The Kier molecular flexibility index (Phi) is 4.12. The van der Waals surface area contributed by atoms with Gasteiger partial charge in [0, 0.05) is 0 Å². The van der Waals surface area contributed by atoms with Crippen molar-refractivity contribution in [2.45, 2.75) is 31.2 Å².